The van der Waals surface area contributed by atoms with Crippen LogP contribution in [0.2, 0.25) is 0 Å². The lowest BCUT2D eigenvalue weighted by Crippen LogP contribution is -2.05. The maximum atomic E-state index is 5.86. The number of fused-ring (bicyclic) bond motifs is 1. The molecule has 2 aromatic rings. The number of aromatic nitrogens is 2. The highest BCUT2D eigenvalue weighted by molar-refractivity contribution is 7.98. The SMILES string of the molecule is CSCCCCCn1c(=S)[nH]c2c(OC(C)C)cccc21. The van der Waals surface area contributed by atoms with Gasteiger partial charge in [0, 0.05) is 6.54 Å². The van der Waals surface area contributed by atoms with Crippen molar-refractivity contribution in [2.45, 2.75) is 45.8 Å². The van der Waals surface area contributed by atoms with E-state index in [1.807, 2.05) is 37.7 Å². The van der Waals surface area contributed by atoms with Gasteiger partial charge in [-0.25, -0.2) is 0 Å². The topological polar surface area (TPSA) is 29.9 Å². The van der Waals surface area contributed by atoms with Crippen LogP contribution in [0.15, 0.2) is 18.2 Å². The highest BCUT2D eigenvalue weighted by atomic mass is 32.2. The van der Waals surface area contributed by atoms with E-state index >= 15 is 0 Å². The summed E-state index contributed by atoms with van der Waals surface area (Å²) in [6.07, 6.45) is 6.01. The standard InChI is InChI=1S/C16H24N2OS2/c1-12(2)19-14-9-7-8-13-15(14)17-16(20)18(13)10-5-4-6-11-21-3/h7-9,12H,4-6,10-11H2,1-3H3,(H,17,20). The molecule has 0 unspecified atom stereocenters. The Morgan fingerprint density at radius 2 is 2.10 bits per heavy atom. The van der Waals surface area contributed by atoms with Gasteiger partial charge in [-0.05, 0) is 63.0 Å². The zero-order valence-electron chi connectivity index (χ0n) is 13.0. The van der Waals surface area contributed by atoms with Crippen LogP contribution >= 0.6 is 24.0 Å². The number of rotatable bonds is 8. The van der Waals surface area contributed by atoms with Crippen LogP contribution in [0.5, 0.6) is 5.75 Å². The van der Waals surface area contributed by atoms with E-state index in [0.717, 1.165) is 34.5 Å². The molecule has 0 amide bonds. The smallest absolute Gasteiger partial charge is 0.178 e. The third-order valence-corrected chi connectivity index (χ3v) is 4.38. The Morgan fingerprint density at radius 1 is 1.29 bits per heavy atom. The molecule has 2 rings (SSSR count). The summed E-state index contributed by atoms with van der Waals surface area (Å²) in [5.41, 5.74) is 2.16. The summed E-state index contributed by atoms with van der Waals surface area (Å²) in [6, 6.07) is 6.14. The van der Waals surface area contributed by atoms with Gasteiger partial charge in [0.2, 0.25) is 0 Å². The van der Waals surface area contributed by atoms with Crippen molar-refractivity contribution >= 4 is 35.0 Å². The van der Waals surface area contributed by atoms with E-state index in [-0.39, 0.29) is 6.10 Å². The molecule has 1 aromatic carbocycles. The van der Waals surface area contributed by atoms with Crippen LogP contribution in [0.3, 0.4) is 0 Å². The summed E-state index contributed by atoms with van der Waals surface area (Å²) in [5.74, 6) is 2.13. The Kier molecular flexibility index (Phi) is 6.18. The van der Waals surface area contributed by atoms with Crippen molar-refractivity contribution in [1.29, 1.82) is 0 Å². The second kappa shape index (κ2) is 7.90. The minimum atomic E-state index is 0.160. The Labute approximate surface area is 136 Å². The number of hydrogen-bond acceptors (Lipinski definition) is 3. The lowest BCUT2D eigenvalue weighted by Gasteiger charge is -2.10. The normalized spacial score (nSPS) is 11.4. The Balaban J connectivity index is 2.17. The number of para-hydroxylation sites is 1. The quantitative estimate of drug-likeness (QED) is 0.546. The lowest BCUT2D eigenvalue weighted by molar-refractivity contribution is 0.245. The maximum absolute atomic E-state index is 5.86. The number of aryl methyl sites for hydroxylation is 1. The number of nitrogens with one attached hydrogen (secondary N) is 1. The molecule has 0 aliphatic rings. The minimum absolute atomic E-state index is 0.160. The Morgan fingerprint density at radius 3 is 2.81 bits per heavy atom. The Hall–Kier alpha value is -0.940. The lowest BCUT2D eigenvalue weighted by atomic mass is 10.2. The zero-order valence-corrected chi connectivity index (χ0v) is 14.6. The largest absolute Gasteiger partial charge is 0.489 e. The van der Waals surface area contributed by atoms with E-state index in [4.69, 9.17) is 17.0 Å². The fourth-order valence-electron chi connectivity index (χ4n) is 2.42. The molecule has 0 saturated carbocycles. The van der Waals surface area contributed by atoms with Crippen molar-refractivity contribution in [2.75, 3.05) is 12.0 Å². The van der Waals surface area contributed by atoms with Crippen LogP contribution in [0, 0.1) is 4.77 Å². The molecule has 0 spiro atoms. The molecule has 0 aliphatic heterocycles. The van der Waals surface area contributed by atoms with Crippen molar-refractivity contribution in [3.63, 3.8) is 0 Å². The van der Waals surface area contributed by atoms with Crippen LogP contribution in [0.1, 0.15) is 33.1 Å². The van der Waals surface area contributed by atoms with E-state index in [9.17, 15) is 0 Å². The molecule has 0 aliphatic carbocycles. The first-order valence-corrected chi connectivity index (χ1v) is 9.31. The van der Waals surface area contributed by atoms with Crippen LogP contribution in [-0.2, 0) is 6.54 Å². The molecule has 116 valence electrons. The Bertz CT molecular complexity index is 631. The first-order valence-electron chi connectivity index (χ1n) is 7.50. The molecule has 5 heteroatoms. The van der Waals surface area contributed by atoms with Gasteiger partial charge in [-0.15, -0.1) is 0 Å². The first-order chi connectivity index (χ1) is 10.1. The molecule has 3 nitrogen and oxygen atoms in total. The number of unbranched alkanes of at least 4 members (excludes halogenated alkanes) is 2. The second-order valence-corrected chi connectivity index (χ2v) is 6.82. The number of hydrogen-bond donors (Lipinski definition) is 1. The molecular weight excluding hydrogens is 300 g/mol. The second-order valence-electron chi connectivity index (χ2n) is 5.45. The number of aromatic amines is 1. The highest BCUT2D eigenvalue weighted by Crippen LogP contribution is 2.26. The molecule has 21 heavy (non-hydrogen) atoms. The molecule has 1 N–H and O–H groups in total. The van der Waals surface area contributed by atoms with Crippen LogP contribution in [0.4, 0.5) is 0 Å². The van der Waals surface area contributed by atoms with Crippen molar-refractivity contribution in [3.05, 3.63) is 23.0 Å². The number of imidazole rings is 1. The van der Waals surface area contributed by atoms with E-state index in [1.54, 1.807) is 0 Å². The highest BCUT2D eigenvalue weighted by Gasteiger charge is 2.10. The van der Waals surface area contributed by atoms with Gasteiger partial charge in [-0.1, -0.05) is 12.5 Å². The number of nitrogens with zero attached hydrogens (tertiary/aromatic N) is 1. The van der Waals surface area contributed by atoms with Gasteiger partial charge in [0.1, 0.15) is 11.3 Å². The average Bonchev–Trinajstić information content (AvgIpc) is 2.76. The molecular formula is C16H24N2OS2. The van der Waals surface area contributed by atoms with Crippen LogP contribution in [-0.4, -0.2) is 27.7 Å². The number of H-pyrrole nitrogens is 1. The minimum Gasteiger partial charge on any atom is -0.489 e. The van der Waals surface area contributed by atoms with Crippen molar-refractivity contribution < 1.29 is 4.74 Å². The monoisotopic (exact) mass is 324 g/mol. The van der Waals surface area contributed by atoms with Gasteiger partial charge in [0.25, 0.3) is 0 Å². The number of benzene rings is 1. The molecule has 1 heterocycles. The summed E-state index contributed by atoms with van der Waals surface area (Å²) in [6.45, 7) is 5.05. The van der Waals surface area contributed by atoms with E-state index in [2.05, 4.69) is 21.9 Å². The average molecular weight is 325 g/mol. The van der Waals surface area contributed by atoms with Gasteiger partial charge < -0.3 is 14.3 Å². The number of thioether (sulfide) groups is 1. The van der Waals surface area contributed by atoms with Gasteiger partial charge in [0.05, 0.1) is 11.6 Å². The summed E-state index contributed by atoms with van der Waals surface area (Å²) in [7, 11) is 0. The number of ether oxygens (including phenoxy) is 1. The molecule has 0 bridgehead atoms. The van der Waals surface area contributed by atoms with E-state index < -0.39 is 0 Å². The fourth-order valence-corrected chi connectivity index (χ4v) is 3.21. The third-order valence-electron chi connectivity index (χ3n) is 3.36. The molecule has 0 radical (unpaired) electrons. The molecule has 0 atom stereocenters. The van der Waals surface area contributed by atoms with Crippen molar-refractivity contribution in [2.24, 2.45) is 0 Å². The zero-order chi connectivity index (χ0) is 15.2. The molecule has 1 aromatic heterocycles. The van der Waals surface area contributed by atoms with Gasteiger partial charge in [-0.3, -0.25) is 0 Å². The fraction of sp³-hybridized carbons (Fsp3) is 0.562. The summed E-state index contributed by atoms with van der Waals surface area (Å²) in [5, 5.41) is 0. The summed E-state index contributed by atoms with van der Waals surface area (Å²) < 4.78 is 8.84. The van der Waals surface area contributed by atoms with E-state index in [1.165, 1.54) is 18.6 Å². The first kappa shape index (κ1) is 16.4. The molecule has 0 fully saturated rings. The van der Waals surface area contributed by atoms with Crippen molar-refractivity contribution in [1.82, 2.24) is 9.55 Å². The predicted octanol–water partition coefficient (Wildman–Crippen LogP) is 5.02. The summed E-state index contributed by atoms with van der Waals surface area (Å²) in [4.78, 5) is 3.30. The van der Waals surface area contributed by atoms with Gasteiger partial charge in [0.15, 0.2) is 4.77 Å². The van der Waals surface area contributed by atoms with Crippen LogP contribution < -0.4 is 4.74 Å². The van der Waals surface area contributed by atoms with Crippen molar-refractivity contribution in [3.8, 4) is 5.75 Å². The predicted molar refractivity (Wildman–Crippen MR) is 95.1 cm³/mol. The summed E-state index contributed by atoms with van der Waals surface area (Å²) >= 11 is 7.39. The van der Waals surface area contributed by atoms with Gasteiger partial charge in [-0.2, -0.15) is 11.8 Å². The van der Waals surface area contributed by atoms with E-state index in [0.29, 0.717) is 0 Å². The van der Waals surface area contributed by atoms with Gasteiger partial charge >= 0.3 is 0 Å². The third kappa shape index (κ3) is 4.27. The molecule has 0 saturated heterocycles. The maximum Gasteiger partial charge on any atom is 0.178 e. The van der Waals surface area contributed by atoms with Crippen LogP contribution in [0.25, 0.3) is 11.0 Å².